The molecule has 1 aromatic carbocycles. The SMILES string of the molecule is CON1CCCC(N2CCCCC2c2ccc(F)cc2C)C1=C=O. The molecule has 2 saturated heterocycles. The third-order valence-electron chi connectivity index (χ3n) is 5.28. The molecule has 2 fully saturated rings. The molecule has 0 aromatic heterocycles. The summed E-state index contributed by atoms with van der Waals surface area (Å²) in [6.45, 7) is 3.63. The van der Waals surface area contributed by atoms with Crippen LogP contribution in [-0.2, 0) is 9.63 Å². The zero-order chi connectivity index (χ0) is 17.1. The molecule has 0 amide bonds. The highest BCUT2D eigenvalue weighted by Gasteiger charge is 2.37. The lowest BCUT2D eigenvalue weighted by molar-refractivity contribution is -0.125. The molecule has 2 atom stereocenters. The maximum absolute atomic E-state index is 13.5. The molecule has 130 valence electrons. The van der Waals surface area contributed by atoms with E-state index >= 15 is 0 Å². The predicted molar refractivity (Wildman–Crippen MR) is 90.4 cm³/mol. The highest BCUT2D eigenvalue weighted by Crippen LogP contribution is 2.38. The fourth-order valence-corrected chi connectivity index (χ4v) is 4.16. The number of rotatable bonds is 3. The van der Waals surface area contributed by atoms with Crippen molar-refractivity contribution in [2.75, 3.05) is 20.2 Å². The Balaban J connectivity index is 1.93. The second-order valence-electron chi connectivity index (χ2n) is 6.68. The van der Waals surface area contributed by atoms with Crippen molar-refractivity contribution >= 4 is 5.94 Å². The number of halogens is 1. The van der Waals surface area contributed by atoms with Crippen molar-refractivity contribution in [1.29, 1.82) is 0 Å². The molecule has 1 aromatic rings. The van der Waals surface area contributed by atoms with Gasteiger partial charge in [0.25, 0.3) is 0 Å². The normalized spacial score (nSPS) is 25.6. The fraction of sp³-hybridized carbons (Fsp3) is 0.579. The first-order chi connectivity index (χ1) is 11.7. The Morgan fingerprint density at radius 2 is 1.96 bits per heavy atom. The molecule has 2 heterocycles. The average Bonchev–Trinajstić information content (AvgIpc) is 2.61. The molecule has 2 unspecified atom stereocenters. The number of hydrogen-bond acceptors (Lipinski definition) is 4. The lowest BCUT2D eigenvalue weighted by Gasteiger charge is -2.45. The van der Waals surface area contributed by atoms with Gasteiger partial charge in [0.1, 0.15) is 17.5 Å². The van der Waals surface area contributed by atoms with E-state index in [0.29, 0.717) is 5.70 Å². The first-order valence-corrected chi connectivity index (χ1v) is 8.74. The van der Waals surface area contributed by atoms with Crippen molar-refractivity contribution in [1.82, 2.24) is 9.96 Å². The van der Waals surface area contributed by atoms with Gasteiger partial charge in [0.05, 0.1) is 13.2 Å². The summed E-state index contributed by atoms with van der Waals surface area (Å²) in [5, 5.41) is 1.67. The summed E-state index contributed by atoms with van der Waals surface area (Å²) < 4.78 is 13.5. The number of nitrogens with zero attached hydrogens (tertiary/aromatic N) is 2. The molecule has 2 aliphatic rings. The van der Waals surface area contributed by atoms with E-state index in [4.69, 9.17) is 4.84 Å². The van der Waals surface area contributed by atoms with Crippen LogP contribution in [0.3, 0.4) is 0 Å². The number of hydrogen-bond donors (Lipinski definition) is 0. The Labute approximate surface area is 142 Å². The molecular formula is C19H25FN2O2. The van der Waals surface area contributed by atoms with Gasteiger partial charge in [-0.2, -0.15) is 0 Å². The highest BCUT2D eigenvalue weighted by atomic mass is 19.1. The van der Waals surface area contributed by atoms with Gasteiger partial charge >= 0.3 is 0 Å². The number of carbonyl (C=O) groups excluding carboxylic acids is 1. The third-order valence-corrected chi connectivity index (χ3v) is 5.28. The maximum Gasteiger partial charge on any atom is 0.149 e. The zero-order valence-corrected chi connectivity index (χ0v) is 14.4. The monoisotopic (exact) mass is 332 g/mol. The van der Waals surface area contributed by atoms with E-state index in [9.17, 15) is 9.18 Å². The number of piperidine rings is 2. The summed E-state index contributed by atoms with van der Waals surface area (Å²) in [6, 6.07) is 5.26. The molecule has 2 aliphatic heterocycles. The Bertz CT molecular complexity index is 642. The molecule has 4 nitrogen and oxygen atoms in total. The smallest absolute Gasteiger partial charge is 0.149 e. The van der Waals surface area contributed by atoms with Crippen molar-refractivity contribution in [3.05, 3.63) is 40.8 Å². The van der Waals surface area contributed by atoms with Crippen LogP contribution >= 0.6 is 0 Å². The second kappa shape index (κ2) is 7.47. The van der Waals surface area contributed by atoms with E-state index in [1.165, 1.54) is 6.07 Å². The molecule has 5 heteroatoms. The van der Waals surface area contributed by atoms with Crippen LogP contribution in [0.25, 0.3) is 0 Å². The standard InChI is InChI=1S/C19H25FN2O2/c1-14-12-15(20)8-9-16(14)17-6-3-4-10-21(17)18-7-5-11-22(24-2)19(18)13-23/h8-9,12,17-18H,3-7,10-11H2,1-2H3. The van der Waals surface area contributed by atoms with Crippen LogP contribution in [0.1, 0.15) is 49.3 Å². The van der Waals surface area contributed by atoms with Gasteiger partial charge in [-0.05, 0) is 62.4 Å². The van der Waals surface area contributed by atoms with Gasteiger partial charge in [0.2, 0.25) is 0 Å². The van der Waals surface area contributed by atoms with E-state index in [-0.39, 0.29) is 17.9 Å². The van der Waals surface area contributed by atoms with Gasteiger partial charge in [-0.1, -0.05) is 12.5 Å². The summed E-state index contributed by atoms with van der Waals surface area (Å²) in [4.78, 5) is 19.3. The molecule has 0 saturated carbocycles. The van der Waals surface area contributed by atoms with Crippen LogP contribution in [0.15, 0.2) is 23.9 Å². The summed E-state index contributed by atoms with van der Waals surface area (Å²) in [6.07, 6.45) is 5.21. The minimum absolute atomic E-state index is 0.0194. The van der Waals surface area contributed by atoms with Crippen LogP contribution in [0.5, 0.6) is 0 Å². The minimum atomic E-state index is -0.199. The number of hydroxylamine groups is 2. The molecular weight excluding hydrogens is 307 g/mol. The van der Waals surface area contributed by atoms with E-state index < -0.39 is 0 Å². The lowest BCUT2D eigenvalue weighted by atomic mass is 9.88. The second-order valence-corrected chi connectivity index (χ2v) is 6.68. The van der Waals surface area contributed by atoms with Crippen molar-refractivity contribution in [3.8, 4) is 0 Å². The Morgan fingerprint density at radius 3 is 2.67 bits per heavy atom. The Morgan fingerprint density at radius 1 is 1.17 bits per heavy atom. The first-order valence-electron chi connectivity index (χ1n) is 8.74. The largest absolute Gasteiger partial charge is 0.287 e. The van der Waals surface area contributed by atoms with Crippen LogP contribution in [0.4, 0.5) is 4.39 Å². The van der Waals surface area contributed by atoms with Gasteiger partial charge in [0.15, 0.2) is 0 Å². The van der Waals surface area contributed by atoms with Gasteiger partial charge in [-0.25, -0.2) is 14.2 Å². The van der Waals surface area contributed by atoms with E-state index in [0.717, 1.165) is 56.3 Å². The van der Waals surface area contributed by atoms with Gasteiger partial charge in [0, 0.05) is 12.6 Å². The third kappa shape index (κ3) is 3.25. The summed E-state index contributed by atoms with van der Waals surface area (Å²) >= 11 is 0. The molecule has 0 spiro atoms. The minimum Gasteiger partial charge on any atom is -0.287 e. The fourth-order valence-electron chi connectivity index (χ4n) is 4.16. The summed E-state index contributed by atoms with van der Waals surface area (Å²) in [7, 11) is 1.59. The Kier molecular flexibility index (Phi) is 5.34. The lowest BCUT2D eigenvalue weighted by Crippen LogP contribution is -2.49. The molecule has 3 rings (SSSR count). The van der Waals surface area contributed by atoms with Gasteiger partial charge in [-0.15, -0.1) is 0 Å². The van der Waals surface area contributed by atoms with Gasteiger partial charge < -0.3 is 0 Å². The van der Waals surface area contributed by atoms with E-state index in [1.807, 2.05) is 13.0 Å². The van der Waals surface area contributed by atoms with Crippen LogP contribution < -0.4 is 0 Å². The average molecular weight is 332 g/mol. The molecule has 0 aliphatic carbocycles. The molecule has 0 radical (unpaired) electrons. The molecule has 0 bridgehead atoms. The van der Waals surface area contributed by atoms with Gasteiger partial charge in [-0.3, -0.25) is 9.74 Å². The zero-order valence-electron chi connectivity index (χ0n) is 14.4. The van der Waals surface area contributed by atoms with Crippen LogP contribution in [-0.4, -0.2) is 42.1 Å². The molecule has 0 N–H and O–H groups in total. The quantitative estimate of drug-likeness (QED) is 0.794. The number of aryl methyl sites for hydroxylation is 1. The molecule has 24 heavy (non-hydrogen) atoms. The summed E-state index contributed by atoms with van der Waals surface area (Å²) in [5.41, 5.74) is 2.73. The van der Waals surface area contributed by atoms with Crippen molar-refractivity contribution in [2.45, 2.75) is 51.1 Å². The Hall–Kier alpha value is -1.68. The number of likely N-dealkylation sites (tertiary alicyclic amines) is 1. The first kappa shape index (κ1) is 17.2. The predicted octanol–water partition coefficient (Wildman–Crippen LogP) is 3.40. The maximum atomic E-state index is 13.5. The van der Waals surface area contributed by atoms with Crippen molar-refractivity contribution in [3.63, 3.8) is 0 Å². The highest BCUT2D eigenvalue weighted by molar-refractivity contribution is 5.54. The van der Waals surface area contributed by atoms with Crippen LogP contribution in [0.2, 0.25) is 0 Å². The van der Waals surface area contributed by atoms with Crippen LogP contribution in [0, 0.1) is 12.7 Å². The van der Waals surface area contributed by atoms with E-state index in [1.54, 1.807) is 18.2 Å². The van der Waals surface area contributed by atoms with Crippen molar-refractivity contribution in [2.24, 2.45) is 0 Å². The topological polar surface area (TPSA) is 32.8 Å². The number of benzene rings is 1. The summed E-state index contributed by atoms with van der Waals surface area (Å²) in [5.74, 6) is 1.92. The van der Waals surface area contributed by atoms with E-state index in [2.05, 4.69) is 10.8 Å². The van der Waals surface area contributed by atoms with Crippen molar-refractivity contribution < 1.29 is 14.0 Å².